The third-order valence-corrected chi connectivity index (χ3v) is 1.52. The largest absolute Gasteiger partial charge is 0.351 e. The Labute approximate surface area is 80.6 Å². The minimum Gasteiger partial charge on any atom is -0.351 e. The van der Waals surface area contributed by atoms with Crippen molar-refractivity contribution in [3.05, 3.63) is 12.2 Å². The van der Waals surface area contributed by atoms with Gasteiger partial charge in [0.15, 0.2) is 5.79 Å². The molecule has 0 saturated heterocycles. The van der Waals surface area contributed by atoms with E-state index in [9.17, 15) is 0 Å². The molecule has 0 atom stereocenters. The first kappa shape index (κ1) is 12.6. The molecule has 0 aromatic carbocycles. The molecule has 0 rings (SSSR count). The molecular weight excluding hydrogens is 168 g/mol. The van der Waals surface area contributed by atoms with Crippen LogP contribution in [0, 0.1) is 0 Å². The third-order valence-electron chi connectivity index (χ3n) is 1.52. The zero-order chi connectivity index (χ0) is 10.2. The van der Waals surface area contributed by atoms with E-state index in [1.54, 1.807) is 21.0 Å². The van der Waals surface area contributed by atoms with E-state index in [1.807, 2.05) is 0 Å². The van der Waals surface area contributed by atoms with Crippen LogP contribution in [-0.2, 0) is 14.5 Å². The average Bonchev–Trinajstić information content (AvgIpc) is 2.11. The highest BCUT2D eigenvalue weighted by atomic mass is 17.2. The maximum absolute atomic E-state index is 5.00. The van der Waals surface area contributed by atoms with Gasteiger partial charge in [0.25, 0.3) is 0 Å². The van der Waals surface area contributed by atoms with Gasteiger partial charge in [-0.2, -0.15) is 0 Å². The van der Waals surface area contributed by atoms with Gasteiger partial charge in [0.2, 0.25) is 0 Å². The first-order valence-electron chi connectivity index (χ1n) is 4.63. The second kappa shape index (κ2) is 7.06. The van der Waals surface area contributed by atoms with Gasteiger partial charge in [-0.3, -0.25) is 0 Å². The lowest BCUT2D eigenvalue weighted by Crippen LogP contribution is -2.26. The number of hydrogen-bond acceptors (Lipinski definition) is 3. The van der Waals surface area contributed by atoms with Crippen LogP contribution in [0.1, 0.15) is 33.6 Å². The topological polar surface area (TPSA) is 27.7 Å². The highest BCUT2D eigenvalue weighted by molar-refractivity contribution is 4.79. The van der Waals surface area contributed by atoms with Crippen molar-refractivity contribution in [2.75, 3.05) is 13.7 Å². The summed E-state index contributed by atoms with van der Waals surface area (Å²) in [6.07, 6.45) is 6.10. The first-order chi connectivity index (χ1) is 6.12. The van der Waals surface area contributed by atoms with Crippen LogP contribution in [0.4, 0.5) is 0 Å². The Morgan fingerprint density at radius 2 is 1.92 bits per heavy atom. The Kier molecular flexibility index (Phi) is 6.86. The molecule has 3 heteroatoms. The van der Waals surface area contributed by atoms with Crippen molar-refractivity contribution >= 4 is 0 Å². The molecule has 0 aliphatic carbocycles. The molecular formula is C10H20O3. The minimum atomic E-state index is -0.658. The summed E-state index contributed by atoms with van der Waals surface area (Å²) in [5.74, 6) is -0.658. The summed E-state index contributed by atoms with van der Waals surface area (Å²) in [6.45, 7) is 6.26. The van der Waals surface area contributed by atoms with Gasteiger partial charge >= 0.3 is 0 Å². The highest BCUT2D eigenvalue weighted by Crippen LogP contribution is 2.09. The zero-order valence-electron chi connectivity index (χ0n) is 9.00. The van der Waals surface area contributed by atoms with Crippen molar-refractivity contribution in [3.8, 4) is 0 Å². The van der Waals surface area contributed by atoms with Crippen LogP contribution in [0.2, 0.25) is 0 Å². The molecule has 0 N–H and O–H groups in total. The van der Waals surface area contributed by atoms with Gasteiger partial charge < -0.3 is 4.74 Å². The number of rotatable bonds is 7. The van der Waals surface area contributed by atoms with Crippen LogP contribution in [0.25, 0.3) is 0 Å². The molecule has 3 nitrogen and oxygen atoms in total. The summed E-state index contributed by atoms with van der Waals surface area (Å²) in [4.78, 5) is 9.96. The van der Waals surface area contributed by atoms with E-state index in [2.05, 4.69) is 19.1 Å². The third kappa shape index (κ3) is 7.96. The molecule has 0 heterocycles. The van der Waals surface area contributed by atoms with Crippen molar-refractivity contribution < 1.29 is 14.5 Å². The van der Waals surface area contributed by atoms with Gasteiger partial charge in [0.1, 0.15) is 0 Å². The average molecular weight is 188 g/mol. The first-order valence-corrected chi connectivity index (χ1v) is 4.63. The number of allylic oxidation sites excluding steroid dienone is 1. The molecule has 0 aliphatic heterocycles. The zero-order valence-corrected chi connectivity index (χ0v) is 9.00. The Bertz CT molecular complexity index is 141. The van der Waals surface area contributed by atoms with Crippen LogP contribution in [0.15, 0.2) is 12.2 Å². The smallest absolute Gasteiger partial charge is 0.195 e. The summed E-state index contributed by atoms with van der Waals surface area (Å²) in [5, 5.41) is 0. The monoisotopic (exact) mass is 188 g/mol. The van der Waals surface area contributed by atoms with Crippen molar-refractivity contribution in [2.45, 2.75) is 39.4 Å². The summed E-state index contributed by atoms with van der Waals surface area (Å²) >= 11 is 0. The predicted octanol–water partition coefficient (Wildman–Crippen LogP) is 2.67. The molecule has 13 heavy (non-hydrogen) atoms. The Morgan fingerprint density at radius 1 is 1.23 bits per heavy atom. The molecule has 0 aliphatic rings. The summed E-state index contributed by atoms with van der Waals surface area (Å²) in [6, 6.07) is 0. The van der Waals surface area contributed by atoms with Crippen LogP contribution >= 0.6 is 0 Å². The lowest BCUT2D eigenvalue weighted by molar-refractivity contribution is -0.412. The molecule has 0 aromatic rings. The fourth-order valence-corrected chi connectivity index (χ4v) is 0.618. The van der Waals surface area contributed by atoms with Gasteiger partial charge in [-0.25, -0.2) is 9.78 Å². The summed E-state index contributed by atoms with van der Waals surface area (Å²) < 4.78 is 5.00. The van der Waals surface area contributed by atoms with E-state index in [1.165, 1.54) is 0 Å². The second-order valence-electron chi connectivity index (χ2n) is 3.18. The summed E-state index contributed by atoms with van der Waals surface area (Å²) in [7, 11) is 1.58. The van der Waals surface area contributed by atoms with E-state index < -0.39 is 5.79 Å². The standard InChI is InChI=1S/C10H20O3/c1-5-6-7-8-9-12-13-10(2,3)11-4/h6-7H,5,8-9H2,1-4H3/b7-6+. The maximum Gasteiger partial charge on any atom is 0.195 e. The van der Waals surface area contributed by atoms with Gasteiger partial charge in [0.05, 0.1) is 6.61 Å². The lowest BCUT2D eigenvalue weighted by atomic mass is 10.3. The number of methoxy groups -OCH3 is 1. The Hall–Kier alpha value is -0.380. The van der Waals surface area contributed by atoms with Gasteiger partial charge in [0, 0.05) is 7.11 Å². The molecule has 0 radical (unpaired) electrons. The fourth-order valence-electron chi connectivity index (χ4n) is 0.618. The summed E-state index contributed by atoms with van der Waals surface area (Å²) in [5.41, 5.74) is 0. The SMILES string of the molecule is CC/C=C/CCOOC(C)(C)OC. The van der Waals surface area contributed by atoms with E-state index in [-0.39, 0.29) is 0 Å². The lowest BCUT2D eigenvalue weighted by Gasteiger charge is -2.20. The molecule has 78 valence electrons. The number of ether oxygens (including phenoxy) is 1. The predicted molar refractivity (Wildman–Crippen MR) is 52.2 cm³/mol. The Morgan fingerprint density at radius 3 is 2.46 bits per heavy atom. The quantitative estimate of drug-likeness (QED) is 0.202. The van der Waals surface area contributed by atoms with Crippen LogP contribution in [0.3, 0.4) is 0 Å². The highest BCUT2D eigenvalue weighted by Gasteiger charge is 2.17. The van der Waals surface area contributed by atoms with E-state index in [4.69, 9.17) is 14.5 Å². The van der Waals surface area contributed by atoms with Crippen molar-refractivity contribution in [1.82, 2.24) is 0 Å². The molecule has 0 amide bonds. The van der Waals surface area contributed by atoms with Crippen molar-refractivity contribution in [2.24, 2.45) is 0 Å². The molecule has 0 saturated carbocycles. The van der Waals surface area contributed by atoms with Gasteiger partial charge in [-0.1, -0.05) is 19.1 Å². The van der Waals surface area contributed by atoms with E-state index >= 15 is 0 Å². The molecule has 0 fully saturated rings. The fraction of sp³-hybridized carbons (Fsp3) is 0.800. The van der Waals surface area contributed by atoms with Crippen molar-refractivity contribution in [3.63, 3.8) is 0 Å². The molecule has 0 bridgehead atoms. The minimum absolute atomic E-state index is 0.559. The number of hydrogen-bond donors (Lipinski definition) is 0. The van der Waals surface area contributed by atoms with Crippen molar-refractivity contribution in [1.29, 1.82) is 0 Å². The van der Waals surface area contributed by atoms with Crippen LogP contribution in [-0.4, -0.2) is 19.5 Å². The van der Waals surface area contributed by atoms with Gasteiger partial charge in [-0.15, -0.1) is 0 Å². The normalized spacial score (nSPS) is 12.6. The molecule has 0 spiro atoms. The van der Waals surface area contributed by atoms with E-state index in [0.717, 1.165) is 12.8 Å². The van der Waals surface area contributed by atoms with Gasteiger partial charge in [-0.05, 0) is 26.7 Å². The van der Waals surface area contributed by atoms with E-state index in [0.29, 0.717) is 6.61 Å². The molecule has 0 unspecified atom stereocenters. The second-order valence-corrected chi connectivity index (χ2v) is 3.18. The maximum atomic E-state index is 5.00. The van der Waals surface area contributed by atoms with Crippen LogP contribution in [0.5, 0.6) is 0 Å². The Balaban J connectivity index is 3.30. The molecule has 0 aromatic heterocycles. The van der Waals surface area contributed by atoms with Crippen LogP contribution < -0.4 is 0 Å².